The van der Waals surface area contributed by atoms with E-state index >= 15 is 0 Å². The molecule has 0 aromatic carbocycles. The van der Waals surface area contributed by atoms with Gasteiger partial charge in [0.1, 0.15) is 5.78 Å². The highest BCUT2D eigenvalue weighted by Crippen LogP contribution is 2.55. The second kappa shape index (κ2) is 3.19. The molecule has 0 aromatic heterocycles. The zero-order valence-electron chi connectivity index (χ0n) is 10.2. The predicted octanol–water partition coefficient (Wildman–Crippen LogP) is 1.97. The quantitative estimate of drug-likeness (QED) is 0.503. The van der Waals surface area contributed by atoms with Crippen LogP contribution in [0.5, 0.6) is 0 Å². The molecule has 3 heteroatoms. The Balaban J connectivity index is 2.45. The smallest absolute Gasteiger partial charge is 0.310 e. The minimum Gasteiger partial charge on any atom is -0.469 e. The Bertz CT molecular complexity index is 381. The first-order valence-electron chi connectivity index (χ1n) is 5.66. The molecule has 16 heavy (non-hydrogen) atoms. The van der Waals surface area contributed by atoms with Crippen molar-refractivity contribution in [1.82, 2.24) is 0 Å². The molecule has 3 rings (SSSR count). The molecular formula is C13H18O3. The van der Waals surface area contributed by atoms with Crippen LogP contribution in [-0.2, 0) is 14.3 Å². The highest BCUT2D eigenvalue weighted by Gasteiger charge is 2.59. The summed E-state index contributed by atoms with van der Waals surface area (Å²) in [5.41, 5.74) is -1.03. The Hall–Kier alpha value is -1.12. The van der Waals surface area contributed by atoms with Crippen LogP contribution in [0.25, 0.3) is 0 Å². The minimum absolute atomic E-state index is 0.158. The number of carbonyl (C=O) groups excluding carboxylic acids is 2. The van der Waals surface area contributed by atoms with Crippen LogP contribution in [0.15, 0.2) is 12.2 Å². The van der Waals surface area contributed by atoms with E-state index in [1.165, 1.54) is 7.11 Å². The molecule has 3 nitrogen and oxygen atoms in total. The van der Waals surface area contributed by atoms with Gasteiger partial charge in [-0.3, -0.25) is 9.59 Å². The average Bonchev–Trinajstić information content (AvgIpc) is 2.25. The van der Waals surface area contributed by atoms with Crippen molar-refractivity contribution in [3.05, 3.63) is 12.2 Å². The summed E-state index contributed by atoms with van der Waals surface area (Å²) in [6, 6.07) is 0. The first-order chi connectivity index (χ1) is 7.34. The predicted molar refractivity (Wildman–Crippen MR) is 59.6 cm³/mol. The molecule has 0 aliphatic heterocycles. The molecule has 3 atom stereocenters. The summed E-state index contributed by atoms with van der Waals surface area (Å²) < 4.78 is 4.80. The molecule has 0 aromatic rings. The van der Waals surface area contributed by atoms with Crippen LogP contribution in [0.2, 0.25) is 0 Å². The normalized spacial score (nSPS) is 39.9. The number of methoxy groups -OCH3 is 1. The lowest BCUT2D eigenvalue weighted by Crippen LogP contribution is -2.56. The second-order valence-electron chi connectivity index (χ2n) is 5.61. The molecule has 0 heterocycles. The Morgan fingerprint density at radius 2 is 2.06 bits per heavy atom. The average molecular weight is 222 g/mol. The largest absolute Gasteiger partial charge is 0.469 e. The fourth-order valence-electron chi connectivity index (χ4n) is 3.12. The summed E-state index contributed by atoms with van der Waals surface area (Å²) in [5, 5.41) is 0. The van der Waals surface area contributed by atoms with Gasteiger partial charge in [-0.25, -0.2) is 0 Å². The van der Waals surface area contributed by atoms with Gasteiger partial charge in [-0.2, -0.15) is 0 Å². The van der Waals surface area contributed by atoms with Crippen LogP contribution in [-0.4, -0.2) is 18.9 Å². The van der Waals surface area contributed by atoms with Gasteiger partial charge in [0, 0.05) is 5.41 Å². The molecule has 0 spiro atoms. The zero-order chi connectivity index (χ0) is 12.1. The highest BCUT2D eigenvalue weighted by atomic mass is 16.5. The van der Waals surface area contributed by atoms with Gasteiger partial charge in [-0.05, 0) is 19.3 Å². The van der Waals surface area contributed by atoms with Crippen LogP contribution in [0, 0.1) is 22.7 Å². The second-order valence-corrected chi connectivity index (χ2v) is 5.61. The van der Waals surface area contributed by atoms with Crippen LogP contribution in [0.3, 0.4) is 0 Å². The lowest BCUT2D eigenvalue weighted by atomic mass is 9.50. The Labute approximate surface area is 95.9 Å². The van der Waals surface area contributed by atoms with Gasteiger partial charge in [0.15, 0.2) is 0 Å². The molecule has 0 radical (unpaired) electrons. The summed E-state index contributed by atoms with van der Waals surface area (Å²) in [6.07, 6.45) is 4.70. The molecule has 0 amide bonds. The molecule has 1 fully saturated rings. The SMILES string of the molecule is COC(=O)[C@H]1C[C@H]2C=C[C@]1(C)C(=O)C2(C)C. The first-order valence-corrected chi connectivity index (χ1v) is 5.66. The van der Waals surface area contributed by atoms with E-state index in [0.717, 1.165) is 6.42 Å². The number of ketones is 1. The number of carbonyl (C=O) groups is 2. The molecular weight excluding hydrogens is 204 g/mol. The summed E-state index contributed by atoms with van der Waals surface area (Å²) in [5.74, 6) is -0.256. The van der Waals surface area contributed by atoms with Gasteiger partial charge in [0.05, 0.1) is 18.4 Å². The third kappa shape index (κ3) is 1.20. The van der Waals surface area contributed by atoms with Crippen molar-refractivity contribution in [2.24, 2.45) is 22.7 Å². The summed E-state index contributed by atoms with van der Waals surface area (Å²) in [7, 11) is 1.38. The van der Waals surface area contributed by atoms with Gasteiger partial charge in [-0.15, -0.1) is 0 Å². The Morgan fingerprint density at radius 1 is 1.44 bits per heavy atom. The van der Waals surface area contributed by atoms with Crippen molar-refractivity contribution < 1.29 is 14.3 Å². The Morgan fingerprint density at radius 3 is 2.62 bits per heavy atom. The monoisotopic (exact) mass is 222 g/mol. The maximum absolute atomic E-state index is 12.4. The number of fused-ring (bicyclic) bond motifs is 2. The van der Waals surface area contributed by atoms with E-state index in [1.807, 2.05) is 26.8 Å². The van der Waals surface area contributed by atoms with E-state index in [0.29, 0.717) is 0 Å². The summed E-state index contributed by atoms with van der Waals surface area (Å²) in [6.45, 7) is 5.79. The number of ether oxygens (including phenoxy) is 1. The van der Waals surface area contributed by atoms with Gasteiger partial charge in [0.25, 0.3) is 0 Å². The van der Waals surface area contributed by atoms with E-state index in [2.05, 4.69) is 6.08 Å². The van der Waals surface area contributed by atoms with Crippen molar-refractivity contribution in [2.45, 2.75) is 27.2 Å². The number of esters is 1. The standard InChI is InChI=1S/C13H18O3/c1-12(2)8-5-6-13(3,11(12)15)9(7-8)10(14)16-4/h5-6,8-9H,7H2,1-4H3/t8-,9-,13+/m1/s1. The highest BCUT2D eigenvalue weighted by molar-refractivity contribution is 5.98. The number of rotatable bonds is 1. The lowest BCUT2D eigenvalue weighted by molar-refractivity contribution is -0.163. The Kier molecular flexibility index (Phi) is 2.26. The molecule has 88 valence electrons. The summed E-state index contributed by atoms with van der Waals surface area (Å²) >= 11 is 0. The van der Waals surface area contributed by atoms with Crippen molar-refractivity contribution in [3.8, 4) is 0 Å². The third-order valence-electron chi connectivity index (χ3n) is 4.38. The number of Topliss-reactive ketones (excluding diaryl/α,β-unsaturated/α-hetero) is 1. The van der Waals surface area contributed by atoms with Gasteiger partial charge in [0.2, 0.25) is 0 Å². The van der Waals surface area contributed by atoms with Crippen molar-refractivity contribution in [3.63, 3.8) is 0 Å². The molecule has 0 unspecified atom stereocenters. The fraction of sp³-hybridized carbons (Fsp3) is 0.692. The lowest BCUT2D eigenvalue weighted by Gasteiger charge is -2.51. The van der Waals surface area contributed by atoms with E-state index in [9.17, 15) is 9.59 Å². The molecule has 3 aliphatic carbocycles. The summed E-state index contributed by atoms with van der Waals surface area (Å²) in [4.78, 5) is 24.1. The van der Waals surface area contributed by atoms with E-state index in [-0.39, 0.29) is 29.0 Å². The van der Waals surface area contributed by atoms with Gasteiger partial charge < -0.3 is 4.74 Å². The van der Waals surface area contributed by atoms with Crippen molar-refractivity contribution in [2.75, 3.05) is 7.11 Å². The number of hydrogen-bond acceptors (Lipinski definition) is 3. The molecule has 0 N–H and O–H groups in total. The van der Waals surface area contributed by atoms with Crippen LogP contribution >= 0.6 is 0 Å². The van der Waals surface area contributed by atoms with Crippen molar-refractivity contribution in [1.29, 1.82) is 0 Å². The molecule has 0 saturated heterocycles. The fourth-order valence-corrected chi connectivity index (χ4v) is 3.12. The maximum atomic E-state index is 12.4. The molecule has 1 saturated carbocycles. The van der Waals surface area contributed by atoms with E-state index < -0.39 is 5.41 Å². The molecule has 3 aliphatic rings. The van der Waals surface area contributed by atoms with Gasteiger partial charge >= 0.3 is 5.97 Å². The van der Waals surface area contributed by atoms with Crippen LogP contribution in [0.1, 0.15) is 27.2 Å². The number of allylic oxidation sites excluding steroid dienone is 2. The van der Waals surface area contributed by atoms with Crippen LogP contribution in [0.4, 0.5) is 0 Å². The van der Waals surface area contributed by atoms with Crippen molar-refractivity contribution >= 4 is 11.8 Å². The first kappa shape index (κ1) is 11.4. The van der Waals surface area contributed by atoms with E-state index in [4.69, 9.17) is 4.74 Å². The van der Waals surface area contributed by atoms with E-state index in [1.54, 1.807) is 0 Å². The zero-order valence-corrected chi connectivity index (χ0v) is 10.2. The van der Waals surface area contributed by atoms with Gasteiger partial charge in [-0.1, -0.05) is 26.0 Å². The minimum atomic E-state index is -0.675. The topological polar surface area (TPSA) is 43.4 Å². The maximum Gasteiger partial charge on any atom is 0.310 e. The van der Waals surface area contributed by atoms with Crippen LogP contribution < -0.4 is 0 Å². The third-order valence-corrected chi connectivity index (χ3v) is 4.38. The molecule has 2 bridgehead atoms. The number of hydrogen-bond donors (Lipinski definition) is 0.